The highest BCUT2D eigenvalue weighted by Gasteiger charge is 2.31. The van der Waals surface area contributed by atoms with Crippen molar-refractivity contribution >= 4 is 23.4 Å². The zero-order valence-electron chi connectivity index (χ0n) is 15.3. The molecule has 0 saturated heterocycles. The van der Waals surface area contributed by atoms with Gasteiger partial charge >= 0.3 is 0 Å². The van der Waals surface area contributed by atoms with Crippen LogP contribution in [0.4, 0.5) is 5.69 Å². The molecule has 7 heteroatoms. The second-order valence-electron chi connectivity index (χ2n) is 6.58. The van der Waals surface area contributed by atoms with E-state index >= 15 is 0 Å². The first-order chi connectivity index (χ1) is 11.7. The SMILES string of the molecule is CC(=O)Nc1cccc2c1O[C@@H](CN(C)C(C)=O)[C@H](C)CN(C)C2=O. The van der Waals surface area contributed by atoms with Crippen LogP contribution >= 0.6 is 0 Å². The molecule has 0 fully saturated rings. The van der Waals surface area contributed by atoms with Crippen molar-refractivity contribution in [1.29, 1.82) is 0 Å². The molecule has 1 aliphatic heterocycles. The van der Waals surface area contributed by atoms with Crippen molar-refractivity contribution in [3.8, 4) is 5.75 Å². The predicted octanol–water partition coefficient (Wildman–Crippen LogP) is 1.59. The van der Waals surface area contributed by atoms with E-state index in [2.05, 4.69) is 5.32 Å². The number of para-hydroxylation sites is 1. The number of amides is 3. The number of hydrogen-bond donors (Lipinski definition) is 1. The molecule has 0 aromatic heterocycles. The maximum Gasteiger partial charge on any atom is 0.257 e. The number of fused-ring (bicyclic) bond motifs is 1. The molecule has 1 N–H and O–H groups in total. The van der Waals surface area contributed by atoms with Gasteiger partial charge in [-0.3, -0.25) is 14.4 Å². The number of nitrogens with one attached hydrogen (secondary N) is 1. The Morgan fingerprint density at radius 1 is 1.36 bits per heavy atom. The molecule has 0 saturated carbocycles. The Morgan fingerprint density at radius 2 is 2.04 bits per heavy atom. The maximum absolute atomic E-state index is 12.7. The van der Waals surface area contributed by atoms with Gasteiger partial charge in [-0.25, -0.2) is 0 Å². The first kappa shape index (κ1) is 18.8. The van der Waals surface area contributed by atoms with E-state index in [0.717, 1.165) is 0 Å². The van der Waals surface area contributed by atoms with Gasteiger partial charge in [0, 0.05) is 40.4 Å². The summed E-state index contributed by atoms with van der Waals surface area (Å²) in [6.07, 6.45) is -0.307. The van der Waals surface area contributed by atoms with Crippen LogP contribution in [0, 0.1) is 5.92 Å². The van der Waals surface area contributed by atoms with Crippen molar-refractivity contribution in [2.75, 3.05) is 32.5 Å². The molecule has 0 bridgehead atoms. The van der Waals surface area contributed by atoms with Crippen molar-refractivity contribution in [1.82, 2.24) is 9.80 Å². The third-order valence-corrected chi connectivity index (χ3v) is 4.36. The topological polar surface area (TPSA) is 79.0 Å². The fourth-order valence-electron chi connectivity index (χ4n) is 2.84. The van der Waals surface area contributed by atoms with Gasteiger partial charge in [0.15, 0.2) is 5.75 Å². The van der Waals surface area contributed by atoms with Crippen LogP contribution in [-0.2, 0) is 9.59 Å². The van der Waals surface area contributed by atoms with Crippen molar-refractivity contribution < 1.29 is 19.1 Å². The van der Waals surface area contributed by atoms with Gasteiger partial charge in [0.2, 0.25) is 11.8 Å². The van der Waals surface area contributed by atoms with E-state index in [9.17, 15) is 14.4 Å². The van der Waals surface area contributed by atoms with Gasteiger partial charge in [-0.15, -0.1) is 0 Å². The molecule has 25 heavy (non-hydrogen) atoms. The number of nitrogens with zero attached hydrogens (tertiary/aromatic N) is 2. The number of carbonyl (C=O) groups excluding carboxylic acids is 3. The average molecular weight is 347 g/mol. The van der Waals surface area contributed by atoms with E-state index in [0.29, 0.717) is 30.1 Å². The van der Waals surface area contributed by atoms with Crippen molar-refractivity contribution in [3.63, 3.8) is 0 Å². The standard InChI is InChI=1S/C18H25N3O4/c1-11-9-21(5)18(24)14-7-6-8-15(19-12(2)22)17(14)25-16(11)10-20(4)13(3)23/h6-8,11,16H,9-10H2,1-5H3,(H,19,22)/t11-,16+/m1/s1. The fourth-order valence-corrected chi connectivity index (χ4v) is 2.84. The Labute approximate surface area is 147 Å². The fraction of sp³-hybridized carbons (Fsp3) is 0.500. The summed E-state index contributed by atoms with van der Waals surface area (Å²) in [4.78, 5) is 39.0. The molecule has 0 spiro atoms. The summed E-state index contributed by atoms with van der Waals surface area (Å²) in [6, 6.07) is 5.09. The number of anilines is 1. The summed E-state index contributed by atoms with van der Waals surface area (Å²) in [6.45, 7) is 5.79. The minimum absolute atomic E-state index is 0.00860. The molecule has 3 amide bonds. The van der Waals surface area contributed by atoms with E-state index < -0.39 is 0 Å². The molecular formula is C18H25N3O4. The molecule has 2 atom stereocenters. The Hall–Kier alpha value is -2.57. The van der Waals surface area contributed by atoms with Gasteiger partial charge in [-0.1, -0.05) is 13.0 Å². The molecule has 0 aliphatic carbocycles. The Bertz CT molecular complexity index is 689. The average Bonchev–Trinajstić information content (AvgIpc) is 2.53. The molecule has 1 aromatic rings. The quantitative estimate of drug-likeness (QED) is 0.901. The van der Waals surface area contributed by atoms with E-state index in [-0.39, 0.29) is 29.7 Å². The Morgan fingerprint density at radius 3 is 2.64 bits per heavy atom. The number of likely N-dealkylation sites (N-methyl/N-ethyl adjacent to an activating group) is 1. The van der Waals surface area contributed by atoms with Gasteiger partial charge < -0.3 is 19.9 Å². The zero-order chi connectivity index (χ0) is 18.7. The van der Waals surface area contributed by atoms with E-state index in [1.165, 1.54) is 13.8 Å². The minimum Gasteiger partial charge on any atom is -0.485 e. The molecule has 1 aliphatic rings. The summed E-state index contributed by atoms with van der Waals surface area (Å²) < 4.78 is 6.16. The van der Waals surface area contributed by atoms with Crippen molar-refractivity contribution in [2.45, 2.75) is 26.9 Å². The summed E-state index contributed by atoms with van der Waals surface area (Å²) in [5, 5.41) is 2.71. The molecule has 2 rings (SSSR count). The van der Waals surface area contributed by atoms with Gasteiger partial charge in [-0.2, -0.15) is 0 Å². The van der Waals surface area contributed by atoms with Crippen LogP contribution in [0.3, 0.4) is 0 Å². The lowest BCUT2D eigenvalue weighted by Crippen LogP contribution is -2.46. The summed E-state index contributed by atoms with van der Waals surface area (Å²) in [5.74, 6) is -0.104. The Balaban J connectivity index is 2.46. The van der Waals surface area contributed by atoms with Crippen LogP contribution in [0.15, 0.2) is 18.2 Å². The first-order valence-electron chi connectivity index (χ1n) is 8.25. The number of benzene rings is 1. The highest BCUT2D eigenvalue weighted by molar-refractivity contribution is 6.01. The third kappa shape index (κ3) is 4.29. The van der Waals surface area contributed by atoms with Crippen LogP contribution in [-0.4, -0.2) is 60.8 Å². The molecular weight excluding hydrogens is 322 g/mol. The third-order valence-electron chi connectivity index (χ3n) is 4.36. The molecule has 1 heterocycles. The van der Waals surface area contributed by atoms with Crippen LogP contribution in [0.1, 0.15) is 31.1 Å². The molecule has 7 nitrogen and oxygen atoms in total. The summed E-state index contributed by atoms with van der Waals surface area (Å²) >= 11 is 0. The maximum atomic E-state index is 12.7. The highest BCUT2D eigenvalue weighted by atomic mass is 16.5. The van der Waals surface area contributed by atoms with Crippen molar-refractivity contribution in [2.24, 2.45) is 5.92 Å². The lowest BCUT2D eigenvalue weighted by Gasteiger charge is -2.35. The van der Waals surface area contributed by atoms with Gasteiger partial charge in [-0.05, 0) is 12.1 Å². The smallest absolute Gasteiger partial charge is 0.257 e. The monoisotopic (exact) mass is 347 g/mol. The van der Waals surface area contributed by atoms with Gasteiger partial charge in [0.25, 0.3) is 5.91 Å². The molecule has 0 radical (unpaired) electrons. The normalized spacial score (nSPS) is 20.0. The summed E-state index contributed by atoms with van der Waals surface area (Å²) in [7, 11) is 3.46. The highest BCUT2D eigenvalue weighted by Crippen LogP contribution is 2.34. The van der Waals surface area contributed by atoms with Crippen molar-refractivity contribution in [3.05, 3.63) is 23.8 Å². The van der Waals surface area contributed by atoms with Crippen LogP contribution in [0.2, 0.25) is 0 Å². The number of hydrogen-bond acceptors (Lipinski definition) is 4. The number of carbonyl (C=O) groups is 3. The van der Waals surface area contributed by atoms with E-state index in [1.807, 2.05) is 6.92 Å². The minimum atomic E-state index is -0.307. The van der Waals surface area contributed by atoms with E-state index in [1.54, 1.807) is 42.1 Å². The lowest BCUT2D eigenvalue weighted by atomic mass is 10.0. The predicted molar refractivity (Wildman–Crippen MR) is 94.6 cm³/mol. The largest absolute Gasteiger partial charge is 0.485 e. The number of rotatable bonds is 3. The van der Waals surface area contributed by atoms with Gasteiger partial charge in [0.1, 0.15) is 6.10 Å². The first-order valence-corrected chi connectivity index (χ1v) is 8.25. The molecule has 0 unspecified atom stereocenters. The molecule has 1 aromatic carbocycles. The molecule has 136 valence electrons. The summed E-state index contributed by atoms with van der Waals surface area (Å²) in [5.41, 5.74) is 0.854. The van der Waals surface area contributed by atoms with E-state index in [4.69, 9.17) is 4.74 Å². The van der Waals surface area contributed by atoms with Crippen LogP contribution < -0.4 is 10.1 Å². The zero-order valence-corrected chi connectivity index (χ0v) is 15.3. The number of ether oxygens (including phenoxy) is 1. The second-order valence-corrected chi connectivity index (χ2v) is 6.58. The second kappa shape index (κ2) is 7.55. The van der Waals surface area contributed by atoms with Crippen LogP contribution in [0.25, 0.3) is 0 Å². The lowest BCUT2D eigenvalue weighted by molar-refractivity contribution is -0.129. The Kier molecular flexibility index (Phi) is 5.66. The van der Waals surface area contributed by atoms with Gasteiger partial charge in [0.05, 0.1) is 17.8 Å². The van der Waals surface area contributed by atoms with Crippen LogP contribution in [0.5, 0.6) is 5.75 Å².